The number of benzene rings is 2. The smallest absolute Gasteiger partial charge is 0.351 e. The summed E-state index contributed by atoms with van der Waals surface area (Å²) in [7, 11) is -4.62. The minimum Gasteiger partial charge on any atom is -0.351 e. The molecule has 2 rings (SSSR count). The van der Waals surface area contributed by atoms with Gasteiger partial charge >= 0.3 is 6.18 Å². The van der Waals surface area contributed by atoms with Gasteiger partial charge in [-0.1, -0.05) is 30.7 Å². The Hall–Kier alpha value is -2.17. The highest BCUT2D eigenvalue weighted by Gasteiger charge is 2.39. The lowest BCUT2D eigenvalue weighted by Gasteiger charge is -2.22. The van der Waals surface area contributed by atoms with E-state index in [0.29, 0.717) is 15.9 Å². The number of hydrogen-bond acceptors (Lipinski definition) is 3. The second-order valence-electron chi connectivity index (χ2n) is 5.97. The van der Waals surface area contributed by atoms with Crippen LogP contribution in [0.5, 0.6) is 0 Å². The summed E-state index contributed by atoms with van der Waals surface area (Å²) in [4.78, 5) is 11.1. The fraction of sp³-hybridized carbons (Fsp3) is 0.278. The number of carbonyl (C=O) groups is 1. The first-order valence-electron chi connectivity index (χ1n) is 8.33. The van der Waals surface area contributed by atoms with E-state index in [4.69, 9.17) is 11.6 Å². The number of likely N-dealkylation sites (N-methyl/N-ethyl adjacent to an activating group) is 1. The molecular weight excluding hydrogens is 436 g/mol. The molecule has 0 spiro atoms. The minimum atomic E-state index is -4.95. The van der Waals surface area contributed by atoms with Crippen molar-refractivity contribution in [3.63, 3.8) is 0 Å². The van der Waals surface area contributed by atoms with Crippen LogP contribution < -0.4 is 5.32 Å². The second-order valence-corrected chi connectivity index (χ2v) is 8.32. The first kappa shape index (κ1) is 23.1. The van der Waals surface area contributed by atoms with Crippen molar-refractivity contribution in [1.29, 1.82) is 0 Å². The molecule has 2 aromatic rings. The third-order valence-electron chi connectivity index (χ3n) is 3.94. The highest BCUT2D eigenvalue weighted by Crippen LogP contribution is 2.36. The molecule has 0 bridgehead atoms. The van der Waals surface area contributed by atoms with E-state index in [1.54, 1.807) is 0 Å². The monoisotopic (exact) mass is 452 g/mol. The minimum absolute atomic E-state index is 0.00542. The van der Waals surface area contributed by atoms with Crippen LogP contribution in [0.4, 0.5) is 17.6 Å². The van der Waals surface area contributed by atoms with Gasteiger partial charge in [-0.25, -0.2) is 12.8 Å². The molecular formula is C18H17ClF4N2O3S. The summed E-state index contributed by atoms with van der Waals surface area (Å²) in [6.45, 7) is 0.492. The van der Waals surface area contributed by atoms with Crippen molar-refractivity contribution in [3.05, 3.63) is 64.4 Å². The second kappa shape index (κ2) is 9.10. The number of rotatable bonds is 7. The van der Waals surface area contributed by atoms with Crippen LogP contribution in [-0.4, -0.2) is 31.7 Å². The van der Waals surface area contributed by atoms with Crippen LogP contribution in [0.25, 0.3) is 0 Å². The Morgan fingerprint density at radius 2 is 1.76 bits per heavy atom. The lowest BCUT2D eigenvalue weighted by Crippen LogP contribution is -2.40. The van der Waals surface area contributed by atoms with Crippen LogP contribution >= 0.6 is 11.6 Å². The standard InChI is InChI=1S/C18H17ClF4N2O3S/c1-2-25(11-17(26)24-10-12-3-6-14(20)7-4-12)29(27,28)16-8-5-13(19)9-15(16)18(21,22)23/h3-9H,2,10-11H2,1H3,(H,24,26). The Morgan fingerprint density at radius 1 is 1.14 bits per heavy atom. The number of sulfonamides is 1. The highest BCUT2D eigenvalue weighted by atomic mass is 35.5. The molecule has 29 heavy (non-hydrogen) atoms. The molecule has 2 aromatic carbocycles. The number of alkyl halides is 3. The molecule has 0 aliphatic heterocycles. The zero-order valence-corrected chi connectivity index (χ0v) is 16.7. The van der Waals surface area contributed by atoms with Gasteiger partial charge in [-0.3, -0.25) is 4.79 Å². The average Bonchev–Trinajstić information content (AvgIpc) is 2.64. The molecule has 0 aromatic heterocycles. The Labute approximate surface area is 170 Å². The molecule has 5 nitrogen and oxygen atoms in total. The Kier molecular flexibility index (Phi) is 7.25. The van der Waals surface area contributed by atoms with Gasteiger partial charge in [0, 0.05) is 18.1 Å². The SMILES string of the molecule is CCN(CC(=O)NCc1ccc(F)cc1)S(=O)(=O)c1ccc(Cl)cc1C(F)(F)F. The fourth-order valence-corrected chi connectivity index (χ4v) is 4.24. The molecule has 0 heterocycles. The first-order valence-corrected chi connectivity index (χ1v) is 10.1. The molecule has 158 valence electrons. The van der Waals surface area contributed by atoms with Crippen molar-refractivity contribution in [2.45, 2.75) is 24.5 Å². The van der Waals surface area contributed by atoms with Gasteiger partial charge in [0.05, 0.1) is 17.0 Å². The van der Waals surface area contributed by atoms with Gasteiger partial charge in [-0.05, 0) is 35.9 Å². The molecule has 0 fully saturated rings. The number of carbonyl (C=O) groups excluding carboxylic acids is 1. The van der Waals surface area contributed by atoms with E-state index in [0.717, 1.165) is 12.1 Å². The van der Waals surface area contributed by atoms with Crippen molar-refractivity contribution in [3.8, 4) is 0 Å². The predicted octanol–water partition coefficient (Wildman–Crippen LogP) is 3.82. The maximum absolute atomic E-state index is 13.3. The summed E-state index contributed by atoms with van der Waals surface area (Å²) < 4.78 is 78.9. The van der Waals surface area contributed by atoms with E-state index in [-0.39, 0.29) is 18.1 Å². The lowest BCUT2D eigenvalue weighted by atomic mass is 10.2. The number of hydrogen-bond donors (Lipinski definition) is 1. The number of nitrogens with one attached hydrogen (secondary N) is 1. The van der Waals surface area contributed by atoms with E-state index in [1.165, 1.54) is 31.2 Å². The van der Waals surface area contributed by atoms with Crippen molar-refractivity contribution in [2.75, 3.05) is 13.1 Å². The number of nitrogens with zero attached hydrogens (tertiary/aromatic N) is 1. The van der Waals surface area contributed by atoms with Crippen molar-refractivity contribution >= 4 is 27.5 Å². The van der Waals surface area contributed by atoms with Crippen molar-refractivity contribution in [2.24, 2.45) is 0 Å². The highest BCUT2D eigenvalue weighted by molar-refractivity contribution is 7.89. The van der Waals surface area contributed by atoms with Crippen LogP contribution in [0.1, 0.15) is 18.1 Å². The van der Waals surface area contributed by atoms with Gasteiger partial charge in [-0.15, -0.1) is 0 Å². The van der Waals surface area contributed by atoms with Crippen LogP contribution in [0.3, 0.4) is 0 Å². The Bertz CT molecular complexity index is 980. The molecule has 0 aliphatic carbocycles. The van der Waals surface area contributed by atoms with Crippen LogP contribution in [0, 0.1) is 5.82 Å². The molecule has 0 unspecified atom stereocenters. The van der Waals surface area contributed by atoms with Gasteiger partial charge in [0.15, 0.2) is 0 Å². The van der Waals surface area contributed by atoms with Gasteiger partial charge in [0.1, 0.15) is 5.82 Å². The third kappa shape index (κ3) is 5.91. The maximum Gasteiger partial charge on any atom is 0.417 e. The van der Waals surface area contributed by atoms with E-state index in [2.05, 4.69) is 5.32 Å². The maximum atomic E-state index is 13.3. The molecule has 1 N–H and O–H groups in total. The van der Waals surface area contributed by atoms with Crippen LogP contribution in [0.15, 0.2) is 47.4 Å². The molecule has 1 amide bonds. The van der Waals surface area contributed by atoms with Gasteiger partial charge < -0.3 is 5.32 Å². The van der Waals surface area contributed by atoms with E-state index in [1.807, 2.05) is 0 Å². The fourth-order valence-electron chi connectivity index (χ4n) is 2.47. The summed E-state index contributed by atoms with van der Waals surface area (Å²) >= 11 is 5.58. The van der Waals surface area contributed by atoms with Crippen molar-refractivity contribution in [1.82, 2.24) is 9.62 Å². The Balaban J connectivity index is 2.20. The molecule has 0 radical (unpaired) electrons. The molecule has 0 aliphatic rings. The normalized spacial score (nSPS) is 12.2. The summed E-state index contributed by atoms with van der Waals surface area (Å²) in [6, 6.07) is 7.59. The lowest BCUT2D eigenvalue weighted by molar-refractivity contribution is -0.139. The van der Waals surface area contributed by atoms with E-state index < -0.39 is 44.9 Å². The molecule has 11 heteroatoms. The largest absolute Gasteiger partial charge is 0.417 e. The van der Waals surface area contributed by atoms with Crippen LogP contribution in [-0.2, 0) is 27.5 Å². The number of amides is 1. The summed E-state index contributed by atoms with van der Waals surface area (Å²) in [5.41, 5.74) is -0.835. The topological polar surface area (TPSA) is 66.5 Å². The molecule has 0 saturated heterocycles. The van der Waals surface area contributed by atoms with Crippen molar-refractivity contribution < 1.29 is 30.8 Å². The first-order chi connectivity index (χ1) is 13.4. The van der Waals surface area contributed by atoms with Gasteiger partial charge in [0.2, 0.25) is 15.9 Å². The molecule has 0 saturated carbocycles. The van der Waals surface area contributed by atoms with E-state index >= 15 is 0 Å². The van der Waals surface area contributed by atoms with E-state index in [9.17, 15) is 30.8 Å². The van der Waals surface area contributed by atoms with Crippen LogP contribution in [0.2, 0.25) is 5.02 Å². The number of halogens is 5. The molecule has 0 atom stereocenters. The zero-order chi connectivity index (χ0) is 21.8. The summed E-state index contributed by atoms with van der Waals surface area (Å²) in [6.07, 6.45) is -4.95. The predicted molar refractivity (Wildman–Crippen MR) is 99.1 cm³/mol. The quantitative estimate of drug-likeness (QED) is 0.649. The Morgan fingerprint density at radius 3 is 2.31 bits per heavy atom. The third-order valence-corrected chi connectivity index (χ3v) is 6.15. The average molecular weight is 453 g/mol. The van der Waals surface area contributed by atoms with Gasteiger partial charge in [-0.2, -0.15) is 17.5 Å². The zero-order valence-electron chi connectivity index (χ0n) is 15.1. The van der Waals surface area contributed by atoms with Gasteiger partial charge in [0.25, 0.3) is 0 Å². The summed E-state index contributed by atoms with van der Waals surface area (Å²) in [5.74, 6) is -1.17. The summed E-state index contributed by atoms with van der Waals surface area (Å²) in [5, 5.41) is 2.18.